The highest BCUT2D eigenvalue weighted by Crippen LogP contribution is 2.22. The van der Waals surface area contributed by atoms with Gasteiger partial charge in [0.2, 0.25) is 0 Å². The van der Waals surface area contributed by atoms with Crippen LogP contribution in [0.5, 0.6) is 11.5 Å². The van der Waals surface area contributed by atoms with Gasteiger partial charge in [0, 0.05) is 5.69 Å². The summed E-state index contributed by atoms with van der Waals surface area (Å²) in [5.74, 6) is 1.37. The zero-order chi connectivity index (χ0) is 18.4. The zero-order valence-electron chi connectivity index (χ0n) is 15.6. The van der Waals surface area contributed by atoms with Crippen molar-refractivity contribution in [3.8, 4) is 11.5 Å². The summed E-state index contributed by atoms with van der Waals surface area (Å²) in [6.07, 6.45) is 0.178. The van der Waals surface area contributed by atoms with Crippen molar-refractivity contribution >= 4 is 11.6 Å². The zero-order valence-corrected chi connectivity index (χ0v) is 15.6. The molecule has 0 saturated heterocycles. The van der Waals surface area contributed by atoms with Crippen LogP contribution in [0.25, 0.3) is 0 Å². The van der Waals surface area contributed by atoms with E-state index in [-0.39, 0.29) is 12.0 Å². The maximum absolute atomic E-state index is 12.5. The van der Waals surface area contributed by atoms with Crippen molar-refractivity contribution in [2.24, 2.45) is 0 Å². The van der Waals surface area contributed by atoms with Crippen LogP contribution < -0.4 is 14.8 Å². The molecule has 2 aromatic carbocycles. The van der Waals surface area contributed by atoms with Gasteiger partial charge >= 0.3 is 0 Å². The second kappa shape index (κ2) is 8.56. The van der Waals surface area contributed by atoms with Gasteiger partial charge in [-0.3, -0.25) is 4.79 Å². The van der Waals surface area contributed by atoms with Gasteiger partial charge in [-0.2, -0.15) is 0 Å². The first kappa shape index (κ1) is 18.8. The average Bonchev–Trinajstić information content (AvgIpc) is 2.55. The van der Waals surface area contributed by atoms with Crippen LogP contribution in [0.2, 0.25) is 0 Å². The Morgan fingerprint density at radius 1 is 1.04 bits per heavy atom. The molecule has 0 aromatic heterocycles. The molecule has 0 saturated carbocycles. The molecule has 1 N–H and O–H groups in total. The molecule has 0 aliphatic heterocycles. The fourth-order valence-corrected chi connectivity index (χ4v) is 2.52. The van der Waals surface area contributed by atoms with E-state index in [0.29, 0.717) is 6.42 Å². The Kier molecular flexibility index (Phi) is 6.45. The van der Waals surface area contributed by atoms with Gasteiger partial charge in [0.05, 0.1) is 6.10 Å². The van der Waals surface area contributed by atoms with Crippen LogP contribution in [0, 0.1) is 13.8 Å². The lowest BCUT2D eigenvalue weighted by Gasteiger charge is -2.19. The lowest BCUT2D eigenvalue weighted by atomic mass is 10.1. The SMILES string of the molecule is CC[C@H](Oc1ccc(C)cc1C)C(=O)Nc1ccc(OC(C)C)cc1. The number of hydrogen-bond donors (Lipinski definition) is 1. The van der Waals surface area contributed by atoms with Crippen LogP contribution in [0.4, 0.5) is 5.69 Å². The molecule has 1 amide bonds. The standard InChI is InChI=1S/C21H27NO3/c1-6-19(25-20-12-7-15(4)13-16(20)5)21(23)22-17-8-10-18(11-9-17)24-14(2)3/h7-14,19H,6H2,1-5H3,(H,22,23)/t19-/m0/s1. The molecular formula is C21H27NO3. The van der Waals surface area contributed by atoms with Crippen molar-refractivity contribution in [3.63, 3.8) is 0 Å². The number of anilines is 1. The second-order valence-corrected chi connectivity index (χ2v) is 6.46. The topological polar surface area (TPSA) is 47.6 Å². The summed E-state index contributed by atoms with van der Waals surface area (Å²) in [6, 6.07) is 13.3. The van der Waals surface area contributed by atoms with Gasteiger partial charge in [0.25, 0.3) is 5.91 Å². The Balaban J connectivity index is 2.01. The van der Waals surface area contributed by atoms with Crippen molar-refractivity contribution in [2.45, 2.75) is 53.2 Å². The predicted molar refractivity (Wildman–Crippen MR) is 101 cm³/mol. The molecule has 0 radical (unpaired) electrons. The second-order valence-electron chi connectivity index (χ2n) is 6.46. The normalized spacial score (nSPS) is 11.9. The minimum atomic E-state index is -0.534. The fourth-order valence-electron chi connectivity index (χ4n) is 2.52. The number of hydrogen-bond acceptors (Lipinski definition) is 3. The van der Waals surface area contributed by atoms with Crippen molar-refractivity contribution < 1.29 is 14.3 Å². The van der Waals surface area contributed by atoms with Crippen molar-refractivity contribution in [1.29, 1.82) is 0 Å². The molecule has 0 heterocycles. The number of carbonyl (C=O) groups is 1. The number of carbonyl (C=O) groups excluding carboxylic acids is 1. The summed E-state index contributed by atoms with van der Waals surface area (Å²) in [4.78, 5) is 12.5. The Labute approximate surface area is 150 Å². The van der Waals surface area contributed by atoms with E-state index in [4.69, 9.17) is 9.47 Å². The molecule has 0 bridgehead atoms. The van der Waals surface area contributed by atoms with E-state index in [2.05, 4.69) is 5.32 Å². The number of aryl methyl sites for hydroxylation is 2. The Hall–Kier alpha value is -2.49. The highest BCUT2D eigenvalue weighted by molar-refractivity contribution is 5.94. The van der Waals surface area contributed by atoms with E-state index in [9.17, 15) is 4.79 Å². The van der Waals surface area contributed by atoms with Crippen LogP contribution in [0.3, 0.4) is 0 Å². The first-order valence-electron chi connectivity index (χ1n) is 8.70. The molecule has 0 unspecified atom stereocenters. The monoisotopic (exact) mass is 341 g/mol. The van der Waals surface area contributed by atoms with Crippen LogP contribution in [0.15, 0.2) is 42.5 Å². The number of benzene rings is 2. The Morgan fingerprint density at radius 3 is 2.28 bits per heavy atom. The largest absolute Gasteiger partial charge is 0.491 e. The molecule has 0 aliphatic rings. The molecule has 25 heavy (non-hydrogen) atoms. The summed E-state index contributed by atoms with van der Waals surface area (Å²) in [5, 5.41) is 2.91. The van der Waals surface area contributed by atoms with Gasteiger partial charge in [-0.1, -0.05) is 24.6 Å². The van der Waals surface area contributed by atoms with Gasteiger partial charge in [-0.05, 0) is 70.0 Å². The van der Waals surface area contributed by atoms with E-state index in [0.717, 1.165) is 22.7 Å². The molecule has 2 aromatic rings. The molecule has 4 nitrogen and oxygen atoms in total. The maximum Gasteiger partial charge on any atom is 0.265 e. The molecule has 134 valence electrons. The van der Waals surface area contributed by atoms with Crippen molar-refractivity contribution in [1.82, 2.24) is 0 Å². The number of amides is 1. The molecule has 0 aliphatic carbocycles. The van der Waals surface area contributed by atoms with Gasteiger partial charge in [-0.25, -0.2) is 0 Å². The highest BCUT2D eigenvalue weighted by Gasteiger charge is 2.19. The number of nitrogens with one attached hydrogen (secondary N) is 1. The van der Waals surface area contributed by atoms with E-state index in [1.807, 2.05) is 77.1 Å². The lowest BCUT2D eigenvalue weighted by molar-refractivity contribution is -0.122. The van der Waals surface area contributed by atoms with Crippen LogP contribution in [-0.4, -0.2) is 18.1 Å². The first-order valence-corrected chi connectivity index (χ1v) is 8.70. The molecule has 0 spiro atoms. The first-order chi connectivity index (χ1) is 11.9. The van der Waals surface area contributed by atoms with Crippen molar-refractivity contribution in [3.05, 3.63) is 53.6 Å². The lowest BCUT2D eigenvalue weighted by Crippen LogP contribution is -2.32. The summed E-state index contributed by atoms with van der Waals surface area (Å²) >= 11 is 0. The molecular weight excluding hydrogens is 314 g/mol. The third-order valence-corrected chi connectivity index (χ3v) is 3.76. The third-order valence-electron chi connectivity index (χ3n) is 3.76. The maximum atomic E-state index is 12.5. The van der Waals surface area contributed by atoms with Gasteiger partial charge in [-0.15, -0.1) is 0 Å². The third kappa shape index (κ3) is 5.52. The summed E-state index contributed by atoms with van der Waals surface area (Å²) in [7, 11) is 0. The highest BCUT2D eigenvalue weighted by atomic mass is 16.5. The van der Waals surface area contributed by atoms with Crippen LogP contribution >= 0.6 is 0 Å². The number of rotatable bonds is 7. The minimum absolute atomic E-state index is 0.121. The predicted octanol–water partition coefficient (Wildman–Crippen LogP) is 4.89. The van der Waals surface area contributed by atoms with Crippen LogP contribution in [0.1, 0.15) is 38.3 Å². The smallest absolute Gasteiger partial charge is 0.265 e. The average molecular weight is 341 g/mol. The van der Waals surface area contributed by atoms with Gasteiger partial charge < -0.3 is 14.8 Å². The van der Waals surface area contributed by atoms with Gasteiger partial charge in [0.15, 0.2) is 6.10 Å². The van der Waals surface area contributed by atoms with Crippen molar-refractivity contribution in [2.75, 3.05) is 5.32 Å². The van der Waals surface area contributed by atoms with E-state index in [1.165, 1.54) is 5.56 Å². The quantitative estimate of drug-likeness (QED) is 0.780. The fraction of sp³-hybridized carbons (Fsp3) is 0.381. The summed E-state index contributed by atoms with van der Waals surface area (Å²) in [5.41, 5.74) is 2.93. The summed E-state index contributed by atoms with van der Waals surface area (Å²) < 4.78 is 11.5. The van der Waals surface area contributed by atoms with Crippen LogP contribution in [-0.2, 0) is 4.79 Å². The van der Waals surface area contributed by atoms with E-state index < -0.39 is 6.10 Å². The van der Waals surface area contributed by atoms with E-state index in [1.54, 1.807) is 0 Å². The minimum Gasteiger partial charge on any atom is -0.491 e. The molecule has 4 heteroatoms. The van der Waals surface area contributed by atoms with E-state index >= 15 is 0 Å². The molecule has 1 atom stereocenters. The molecule has 0 fully saturated rings. The molecule has 2 rings (SSSR count). The Bertz CT molecular complexity index is 708. The Morgan fingerprint density at radius 2 is 1.72 bits per heavy atom. The number of ether oxygens (including phenoxy) is 2. The van der Waals surface area contributed by atoms with Gasteiger partial charge in [0.1, 0.15) is 11.5 Å². The summed E-state index contributed by atoms with van der Waals surface area (Å²) in [6.45, 7) is 9.92.